The van der Waals surface area contributed by atoms with Crippen molar-refractivity contribution in [2.24, 2.45) is 0 Å². The third-order valence-corrected chi connectivity index (χ3v) is 4.22. The van der Waals surface area contributed by atoms with Crippen LogP contribution in [0, 0.1) is 6.92 Å². The van der Waals surface area contributed by atoms with E-state index in [0.717, 1.165) is 12.3 Å². The summed E-state index contributed by atoms with van der Waals surface area (Å²) in [5.41, 5.74) is 0.0329. The zero-order valence-electron chi connectivity index (χ0n) is 12.3. The molecule has 0 bridgehead atoms. The number of sulfone groups is 1. The van der Waals surface area contributed by atoms with Crippen LogP contribution in [-0.4, -0.2) is 37.7 Å². The number of aromatic nitrogens is 2. The van der Waals surface area contributed by atoms with Crippen molar-refractivity contribution in [3.63, 3.8) is 0 Å². The van der Waals surface area contributed by atoms with Gasteiger partial charge in [0.25, 0.3) is 5.56 Å². The highest BCUT2D eigenvalue weighted by molar-refractivity contribution is 7.94. The minimum absolute atomic E-state index is 0.309. The second-order valence-electron chi connectivity index (χ2n) is 4.73. The van der Waals surface area contributed by atoms with Crippen LogP contribution in [0.2, 0.25) is 0 Å². The maximum atomic E-state index is 14.1. The lowest BCUT2D eigenvalue weighted by Crippen LogP contribution is -2.32. The van der Waals surface area contributed by atoms with Gasteiger partial charge in [-0.15, -0.1) is 0 Å². The Hall–Kier alpha value is -1.96. The van der Waals surface area contributed by atoms with Gasteiger partial charge >= 0.3 is 0 Å². The van der Waals surface area contributed by atoms with Crippen LogP contribution in [-0.2, 0) is 9.84 Å². The number of rotatable bonds is 5. The van der Waals surface area contributed by atoms with Gasteiger partial charge in [0.05, 0.1) is 22.8 Å². The van der Waals surface area contributed by atoms with Crippen LogP contribution in [0.15, 0.2) is 34.5 Å². The SMILES string of the molecule is C=C(C=C(F)C(C)N(C)c1nc[nH]c(=O)c1C)S(C)(=O)=O. The van der Waals surface area contributed by atoms with Crippen LogP contribution in [0.4, 0.5) is 10.2 Å². The Morgan fingerprint density at radius 2 is 2.14 bits per heavy atom. The first-order valence-electron chi connectivity index (χ1n) is 6.09. The zero-order chi connectivity index (χ0) is 16.4. The average Bonchev–Trinajstić information content (AvgIpc) is 2.39. The number of aromatic amines is 1. The van der Waals surface area contributed by atoms with Gasteiger partial charge < -0.3 is 9.88 Å². The van der Waals surface area contributed by atoms with Gasteiger partial charge in [0.1, 0.15) is 11.6 Å². The third-order valence-electron chi connectivity index (χ3n) is 3.15. The van der Waals surface area contributed by atoms with Gasteiger partial charge in [0, 0.05) is 13.3 Å². The fourth-order valence-corrected chi connectivity index (χ4v) is 1.89. The van der Waals surface area contributed by atoms with E-state index in [1.165, 1.54) is 18.2 Å². The molecule has 21 heavy (non-hydrogen) atoms. The number of allylic oxidation sites excluding steroid dienone is 1. The van der Waals surface area contributed by atoms with E-state index in [0.29, 0.717) is 11.4 Å². The first-order valence-corrected chi connectivity index (χ1v) is 7.98. The summed E-state index contributed by atoms with van der Waals surface area (Å²) >= 11 is 0. The van der Waals surface area contributed by atoms with Gasteiger partial charge in [-0.2, -0.15) is 0 Å². The van der Waals surface area contributed by atoms with E-state index in [4.69, 9.17) is 0 Å². The van der Waals surface area contributed by atoms with Crippen LogP contribution in [0.25, 0.3) is 0 Å². The first-order chi connectivity index (χ1) is 9.55. The Morgan fingerprint density at radius 1 is 1.57 bits per heavy atom. The van der Waals surface area contributed by atoms with E-state index in [9.17, 15) is 17.6 Å². The molecule has 0 aliphatic heterocycles. The van der Waals surface area contributed by atoms with Crippen molar-refractivity contribution in [3.8, 4) is 0 Å². The maximum Gasteiger partial charge on any atom is 0.255 e. The fourth-order valence-electron chi connectivity index (χ4n) is 1.56. The topological polar surface area (TPSA) is 83.1 Å². The summed E-state index contributed by atoms with van der Waals surface area (Å²) < 4.78 is 36.6. The largest absolute Gasteiger partial charge is 0.350 e. The molecule has 0 saturated carbocycles. The van der Waals surface area contributed by atoms with Gasteiger partial charge in [-0.3, -0.25) is 4.79 Å². The van der Waals surface area contributed by atoms with E-state index in [1.54, 1.807) is 14.0 Å². The molecule has 1 N–H and O–H groups in total. The number of hydrogen-bond donors (Lipinski definition) is 1. The van der Waals surface area contributed by atoms with Gasteiger partial charge in [0.2, 0.25) is 0 Å². The number of likely N-dealkylation sites (N-methyl/N-ethyl adjacent to an activating group) is 1. The second kappa shape index (κ2) is 6.21. The quantitative estimate of drug-likeness (QED) is 0.829. The van der Waals surface area contributed by atoms with Crippen molar-refractivity contribution in [2.45, 2.75) is 19.9 Å². The van der Waals surface area contributed by atoms with Crippen molar-refractivity contribution < 1.29 is 12.8 Å². The van der Waals surface area contributed by atoms with E-state index >= 15 is 0 Å². The van der Waals surface area contributed by atoms with E-state index in [1.807, 2.05) is 0 Å². The van der Waals surface area contributed by atoms with Crippen molar-refractivity contribution in [1.82, 2.24) is 9.97 Å². The molecular weight excluding hydrogens is 297 g/mol. The summed E-state index contributed by atoms with van der Waals surface area (Å²) in [4.78, 5) is 19.1. The van der Waals surface area contributed by atoms with Crippen LogP contribution >= 0.6 is 0 Å². The molecule has 0 radical (unpaired) electrons. The molecule has 1 rings (SSSR count). The van der Waals surface area contributed by atoms with Gasteiger partial charge in [-0.1, -0.05) is 6.58 Å². The monoisotopic (exact) mass is 315 g/mol. The Morgan fingerprint density at radius 3 is 2.67 bits per heavy atom. The molecule has 0 aliphatic carbocycles. The highest BCUT2D eigenvalue weighted by Gasteiger charge is 2.20. The molecule has 1 aromatic rings. The Kier molecular flexibility index (Phi) is 5.06. The van der Waals surface area contributed by atoms with E-state index < -0.39 is 21.7 Å². The summed E-state index contributed by atoms with van der Waals surface area (Å²) in [5.74, 6) is -0.367. The number of nitrogens with zero attached hydrogens (tertiary/aromatic N) is 2. The van der Waals surface area contributed by atoms with E-state index in [2.05, 4.69) is 16.5 Å². The molecule has 0 fully saturated rings. The molecular formula is C13H18FN3O3S. The molecule has 0 saturated heterocycles. The average molecular weight is 315 g/mol. The molecule has 0 aliphatic rings. The van der Waals surface area contributed by atoms with Gasteiger partial charge in [-0.25, -0.2) is 17.8 Å². The Bertz CT molecular complexity index is 737. The minimum atomic E-state index is -3.54. The summed E-state index contributed by atoms with van der Waals surface area (Å²) in [6.07, 6.45) is 3.06. The van der Waals surface area contributed by atoms with Crippen LogP contribution in [0.3, 0.4) is 0 Å². The van der Waals surface area contributed by atoms with Crippen molar-refractivity contribution in [2.75, 3.05) is 18.2 Å². The smallest absolute Gasteiger partial charge is 0.255 e. The molecule has 6 nitrogen and oxygen atoms in total. The molecule has 8 heteroatoms. The fraction of sp³-hybridized carbons (Fsp3) is 0.385. The lowest BCUT2D eigenvalue weighted by molar-refractivity contribution is 0.542. The minimum Gasteiger partial charge on any atom is -0.350 e. The van der Waals surface area contributed by atoms with E-state index in [-0.39, 0.29) is 10.5 Å². The number of anilines is 1. The summed E-state index contributed by atoms with van der Waals surface area (Å²) in [6, 6.07) is -0.795. The third kappa shape index (κ3) is 4.01. The Labute approximate surface area is 122 Å². The summed E-state index contributed by atoms with van der Waals surface area (Å²) in [7, 11) is -1.97. The number of hydrogen-bond acceptors (Lipinski definition) is 5. The lowest BCUT2D eigenvalue weighted by atomic mass is 10.2. The molecule has 0 aromatic carbocycles. The summed E-state index contributed by atoms with van der Waals surface area (Å²) in [6.45, 7) is 6.42. The first kappa shape index (κ1) is 17.1. The number of nitrogens with one attached hydrogen (secondary N) is 1. The standard InChI is InChI=1S/C13H18FN3O3S/c1-8(21(5,19)20)6-11(14)10(3)17(4)12-9(2)13(18)16-7-15-12/h6-7,10H,1H2,2-5H3,(H,15,16,18). The number of H-pyrrole nitrogens is 1. The van der Waals surface area contributed by atoms with Crippen molar-refractivity contribution in [3.05, 3.63) is 45.6 Å². The molecule has 116 valence electrons. The number of halogens is 1. The highest BCUT2D eigenvalue weighted by atomic mass is 32.2. The molecule has 1 atom stereocenters. The van der Waals surface area contributed by atoms with Crippen molar-refractivity contribution >= 4 is 15.7 Å². The van der Waals surface area contributed by atoms with Crippen LogP contribution in [0.1, 0.15) is 12.5 Å². The predicted molar refractivity (Wildman–Crippen MR) is 80.6 cm³/mol. The molecule has 0 spiro atoms. The van der Waals surface area contributed by atoms with Crippen LogP contribution in [0.5, 0.6) is 0 Å². The highest BCUT2D eigenvalue weighted by Crippen LogP contribution is 2.20. The molecule has 0 amide bonds. The maximum absolute atomic E-state index is 14.1. The summed E-state index contributed by atoms with van der Waals surface area (Å²) in [5, 5.41) is 0. The normalized spacial score (nSPS) is 13.9. The predicted octanol–water partition coefficient (Wildman–Crippen LogP) is 1.31. The van der Waals surface area contributed by atoms with Gasteiger partial charge in [0.15, 0.2) is 9.84 Å². The van der Waals surface area contributed by atoms with Crippen molar-refractivity contribution in [1.29, 1.82) is 0 Å². The van der Waals surface area contributed by atoms with Gasteiger partial charge in [-0.05, 0) is 19.9 Å². The molecule has 1 heterocycles. The molecule has 1 unspecified atom stereocenters. The molecule has 1 aromatic heterocycles. The van der Waals surface area contributed by atoms with Crippen LogP contribution < -0.4 is 10.5 Å². The lowest BCUT2D eigenvalue weighted by Gasteiger charge is -2.25. The Balaban J connectivity index is 3.11. The second-order valence-corrected chi connectivity index (χ2v) is 6.80. The zero-order valence-corrected chi connectivity index (χ0v) is 13.2.